The summed E-state index contributed by atoms with van der Waals surface area (Å²) in [4.78, 5) is 23.7. The van der Waals surface area contributed by atoms with Crippen LogP contribution in [0.3, 0.4) is 0 Å². The summed E-state index contributed by atoms with van der Waals surface area (Å²) < 4.78 is 11.3. The first-order valence-electron chi connectivity index (χ1n) is 9.52. The standard InChI is InChI=1S/C22H22ClNO4/c23-21-17(5-2-6-18(21)19-7-8-20(25)24-22(19)26)15-4-1-3-14(11-15)12-28-16-9-10-27-13-16/h1-6,11,16,19H,7-10,12-13H2,(H,24,25,26). The molecule has 1 N–H and O–H groups in total. The maximum absolute atomic E-state index is 12.3. The highest BCUT2D eigenvalue weighted by molar-refractivity contribution is 6.34. The Labute approximate surface area is 169 Å². The molecular formula is C22H22ClNO4. The number of imide groups is 1. The lowest BCUT2D eigenvalue weighted by Crippen LogP contribution is -2.39. The summed E-state index contributed by atoms with van der Waals surface area (Å²) in [6.45, 7) is 1.93. The average Bonchev–Trinajstić information content (AvgIpc) is 3.21. The van der Waals surface area contributed by atoms with Crippen molar-refractivity contribution < 1.29 is 19.1 Å². The van der Waals surface area contributed by atoms with Crippen molar-refractivity contribution in [2.24, 2.45) is 0 Å². The first kappa shape index (κ1) is 19.1. The fraction of sp³-hybridized carbons (Fsp3) is 0.364. The van der Waals surface area contributed by atoms with Crippen molar-refractivity contribution in [2.75, 3.05) is 13.2 Å². The monoisotopic (exact) mass is 399 g/mol. The van der Waals surface area contributed by atoms with E-state index in [1.165, 1.54) is 0 Å². The third-order valence-corrected chi connectivity index (χ3v) is 5.68. The van der Waals surface area contributed by atoms with Crippen molar-refractivity contribution >= 4 is 23.4 Å². The van der Waals surface area contributed by atoms with Gasteiger partial charge in [-0.15, -0.1) is 0 Å². The molecule has 2 aromatic carbocycles. The summed E-state index contributed by atoms with van der Waals surface area (Å²) in [7, 11) is 0. The number of hydrogen-bond donors (Lipinski definition) is 1. The fourth-order valence-electron chi connectivity index (χ4n) is 3.72. The molecule has 2 amide bonds. The summed E-state index contributed by atoms with van der Waals surface area (Å²) >= 11 is 6.70. The normalized spacial score (nSPS) is 22.3. The second kappa shape index (κ2) is 8.43. The highest BCUT2D eigenvalue weighted by Gasteiger charge is 2.30. The Kier molecular flexibility index (Phi) is 5.76. The molecule has 0 radical (unpaired) electrons. The number of carbonyl (C=O) groups is 2. The Bertz CT molecular complexity index is 892. The molecule has 2 heterocycles. The average molecular weight is 400 g/mol. The molecule has 2 atom stereocenters. The first-order valence-corrected chi connectivity index (χ1v) is 9.90. The van der Waals surface area contributed by atoms with E-state index >= 15 is 0 Å². The summed E-state index contributed by atoms with van der Waals surface area (Å²) in [5, 5.41) is 2.96. The van der Waals surface area contributed by atoms with Crippen LogP contribution >= 0.6 is 11.6 Å². The second-order valence-electron chi connectivity index (χ2n) is 7.21. The lowest BCUT2D eigenvalue weighted by Gasteiger charge is -2.23. The van der Waals surface area contributed by atoms with E-state index in [0.717, 1.165) is 35.3 Å². The van der Waals surface area contributed by atoms with E-state index in [0.29, 0.717) is 31.1 Å². The molecule has 0 spiro atoms. The molecule has 0 aromatic heterocycles. The van der Waals surface area contributed by atoms with Crippen LogP contribution in [0.5, 0.6) is 0 Å². The minimum atomic E-state index is -0.404. The third kappa shape index (κ3) is 4.12. The van der Waals surface area contributed by atoms with Gasteiger partial charge in [-0.1, -0.05) is 48.0 Å². The third-order valence-electron chi connectivity index (χ3n) is 5.25. The molecule has 2 fully saturated rings. The molecule has 2 unspecified atom stereocenters. The van der Waals surface area contributed by atoms with Gasteiger partial charge in [-0.25, -0.2) is 0 Å². The summed E-state index contributed by atoms with van der Waals surface area (Å²) in [5.74, 6) is -0.913. The number of hydrogen-bond acceptors (Lipinski definition) is 4. The predicted molar refractivity (Wildman–Crippen MR) is 106 cm³/mol. The van der Waals surface area contributed by atoms with E-state index in [9.17, 15) is 9.59 Å². The molecule has 2 aliphatic heterocycles. The van der Waals surface area contributed by atoms with Gasteiger partial charge in [0.2, 0.25) is 11.8 Å². The van der Waals surface area contributed by atoms with Crippen LogP contribution in [-0.2, 0) is 25.7 Å². The highest BCUT2D eigenvalue weighted by Crippen LogP contribution is 2.37. The van der Waals surface area contributed by atoms with E-state index in [1.807, 2.05) is 36.4 Å². The first-order chi connectivity index (χ1) is 13.6. The highest BCUT2D eigenvalue weighted by atomic mass is 35.5. The van der Waals surface area contributed by atoms with Gasteiger partial charge in [0.05, 0.1) is 30.3 Å². The molecule has 0 bridgehead atoms. The Morgan fingerprint density at radius 1 is 1.14 bits per heavy atom. The van der Waals surface area contributed by atoms with Gasteiger partial charge >= 0.3 is 0 Å². The predicted octanol–water partition coefficient (Wildman–Crippen LogP) is 3.83. The van der Waals surface area contributed by atoms with E-state index < -0.39 is 5.92 Å². The summed E-state index contributed by atoms with van der Waals surface area (Å²) in [6, 6.07) is 13.8. The van der Waals surface area contributed by atoms with Gasteiger partial charge in [-0.2, -0.15) is 0 Å². The number of nitrogens with one attached hydrogen (secondary N) is 1. The molecule has 28 heavy (non-hydrogen) atoms. The van der Waals surface area contributed by atoms with Crippen molar-refractivity contribution in [3.05, 3.63) is 58.6 Å². The number of carbonyl (C=O) groups excluding carboxylic acids is 2. The molecule has 2 aromatic rings. The van der Waals surface area contributed by atoms with Gasteiger partial charge in [0.1, 0.15) is 0 Å². The smallest absolute Gasteiger partial charge is 0.234 e. The number of benzene rings is 2. The largest absolute Gasteiger partial charge is 0.379 e. The maximum atomic E-state index is 12.3. The lowest BCUT2D eigenvalue weighted by atomic mass is 9.88. The van der Waals surface area contributed by atoms with Crippen molar-refractivity contribution in [3.8, 4) is 11.1 Å². The lowest BCUT2D eigenvalue weighted by molar-refractivity contribution is -0.134. The van der Waals surface area contributed by atoms with Crippen LogP contribution in [0.4, 0.5) is 0 Å². The van der Waals surface area contributed by atoms with Gasteiger partial charge in [-0.3, -0.25) is 14.9 Å². The van der Waals surface area contributed by atoms with Gasteiger partial charge in [-0.05, 0) is 35.6 Å². The number of rotatable bonds is 5. The molecule has 5 nitrogen and oxygen atoms in total. The SMILES string of the molecule is O=C1CCC(c2cccc(-c3cccc(COC4CCOC4)c3)c2Cl)C(=O)N1. The van der Waals surface area contributed by atoms with Crippen LogP contribution in [0.25, 0.3) is 11.1 Å². The van der Waals surface area contributed by atoms with Crippen LogP contribution in [0.2, 0.25) is 5.02 Å². The second-order valence-corrected chi connectivity index (χ2v) is 7.59. The van der Waals surface area contributed by atoms with Gasteiger partial charge in [0.15, 0.2) is 0 Å². The van der Waals surface area contributed by atoms with Crippen LogP contribution in [0, 0.1) is 0 Å². The van der Waals surface area contributed by atoms with Crippen LogP contribution in [-0.4, -0.2) is 31.1 Å². The van der Waals surface area contributed by atoms with E-state index in [2.05, 4.69) is 11.4 Å². The van der Waals surface area contributed by atoms with E-state index in [1.54, 1.807) is 0 Å². The van der Waals surface area contributed by atoms with Gasteiger partial charge < -0.3 is 9.47 Å². The number of piperidine rings is 1. The zero-order chi connectivity index (χ0) is 19.5. The van der Waals surface area contributed by atoms with Gasteiger partial charge in [0.25, 0.3) is 0 Å². The Morgan fingerprint density at radius 3 is 2.79 bits per heavy atom. The zero-order valence-corrected chi connectivity index (χ0v) is 16.2. The number of amides is 2. The quantitative estimate of drug-likeness (QED) is 0.776. The van der Waals surface area contributed by atoms with Crippen LogP contribution in [0.1, 0.15) is 36.3 Å². The van der Waals surface area contributed by atoms with Crippen molar-refractivity contribution in [3.63, 3.8) is 0 Å². The maximum Gasteiger partial charge on any atom is 0.234 e. The van der Waals surface area contributed by atoms with Crippen molar-refractivity contribution in [2.45, 2.75) is 37.9 Å². The zero-order valence-electron chi connectivity index (χ0n) is 15.4. The number of ether oxygens (including phenoxy) is 2. The molecule has 6 heteroatoms. The van der Waals surface area contributed by atoms with E-state index in [4.69, 9.17) is 21.1 Å². The minimum Gasteiger partial charge on any atom is -0.379 e. The Hall–Kier alpha value is -2.21. The summed E-state index contributed by atoms with van der Waals surface area (Å²) in [6.07, 6.45) is 1.89. The van der Waals surface area contributed by atoms with Crippen LogP contribution in [0.15, 0.2) is 42.5 Å². The summed E-state index contributed by atoms with van der Waals surface area (Å²) in [5.41, 5.74) is 3.67. The molecule has 0 aliphatic carbocycles. The Balaban J connectivity index is 1.56. The molecular weight excluding hydrogens is 378 g/mol. The fourth-order valence-corrected chi connectivity index (χ4v) is 4.09. The molecule has 2 aliphatic rings. The topological polar surface area (TPSA) is 64.6 Å². The van der Waals surface area contributed by atoms with Crippen LogP contribution < -0.4 is 5.32 Å². The molecule has 0 saturated carbocycles. The van der Waals surface area contributed by atoms with Crippen molar-refractivity contribution in [1.29, 1.82) is 0 Å². The number of halogens is 1. The van der Waals surface area contributed by atoms with Crippen molar-refractivity contribution in [1.82, 2.24) is 5.32 Å². The molecule has 146 valence electrons. The Morgan fingerprint density at radius 2 is 2.00 bits per heavy atom. The minimum absolute atomic E-state index is 0.156. The van der Waals surface area contributed by atoms with Gasteiger partial charge in [0, 0.05) is 18.6 Å². The van der Waals surface area contributed by atoms with E-state index in [-0.39, 0.29) is 17.9 Å². The molecule has 2 saturated heterocycles. The molecule has 4 rings (SSSR count).